The van der Waals surface area contributed by atoms with Crippen molar-refractivity contribution >= 4 is 11.9 Å². The maximum Gasteiger partial charge on any atom is 0.410 e. The maximum atomic E-state index is 13.9. The Balaban J connectivity index is 1.67. The van der Waals surface area contributed by atoms with Crippen LogP contribution >= 0.6 is 0 Å². The first-order valence-corrected chi connectivity index (χ1v) is 9.52. The highest BCUT2D eigenvalue weighted by Gasteiger charge is 2.24. The lowest BCUT2D eigenvalue weighted by Crippen LogP contribution is -2.39. The number of nitrogens with zero attached hydrogens (tertiary/aromatic N) is 1. The van der Waals surface area contributed by atoms with Gasteiger partial charge in [0.1, 0.15) is 11.6 Å². The summed E-state index contributed by atoms with van der Waals surface area (Å²) in [5, 5.41) is 0. The molecule has 2 rings (SSSR count). The first-order valence-electron chi connectivity index (χ1n) is 9.52. The van der Waals surface area contributed by atoms with Crippen LogP contribution < -0.4 is 10.5 Å². The van der Waals surface area contributed by atoms with Gasteiger partial charge < -0.3 is 20.1 Å². The van der Waals surface area contributed by atoms with Crippen molar-refractivity contribution in [3.05, 3.63) is 29.6 Å². The predicted octanol–water partition coefficient (Wildman–Crippen LogP) is 3.38. The lowest BCUT2D eigenvalue weighted by Gasteiger charge is -2.31. The van der Waals surface area contributed by atoms with Gasteiger partial charge in [-0.25, -0.2) is 9.18 Å². The lowest BCUT2D eigenvalue weighted by atomic mass is 9.92. The van der Waals surface area contributed by atoms with Crippen LogP contribution in [0.1, 0.15) is 49.9 Å². The average molecular weight is 380 g/mol. The molecule has 0 spiro atoms. The molecule has 1 aromatic carbocycles. The van der Waals surface area contributed by atoms with Crippen LogP contribution in [0.4, 0.5) is 9.18 Å². The van der Waals surface area contributed by atoms with Crippen LogP contribution in [0.5, 0.6) is 5.75 Å². The van der Waals surface area contributed by atoms with Crippen LogP contribution in [0.15, 0.2) is 18.2 Å². The van der Waals surface area contributed by atoms with Crippen molar-refractivity contribution in [2.45, 2.75) is 45.6 Å². The second-order valence-corrected chi connectivity index (χ2v) is 7.12. The molecule has 6 nitrogen and oxygen atoms in total. The Kier molecular flexibility index (Phi) is 8.03. The second kappa shape index (κ2) is 10.3. The van der Waals surface area contributed by atoms with Crippen molar-refractivity contribution in [1.29, 1.82) is 0 Å². The first kappa shape index (κ1) is 21.2. The van der Waals surface area contributed by atoms with Gasteiger partial charge in [-0.05, 0) is 57.6 Å². The van der Waals surface area contributed by atoms with Gasteiger partial charge in [0.05, 0.1) is 24.8 Å². The summed E-state index contributed by atoms with van der Waals surface area (Å²) in [5.74, 6) is -0.0726. The van der Waals surface area contributed by atoms with Gasteiger partial charge in [-0.2, -0.15) is 0 Å². The standard InChI is InChI=1S/C20H29FN2O4/c1-14(2)27-20(25)23-9-7-15(8-10-23)4-3-11-26-16-5-6-17(18(21)12-16)19(24)13-22/h5-6,12,14-15H,3-4,7-11,13,22H2,1-2H3. The summed E-state index contributed by atoms with van der Waals surface area (Å²) < 4.78 is 24.7. The van der Waals surface area contributed by atoms with E-state index in [1.54, 1.807) is 11.0 Å². The van der Waals surface area contributed by atoms with Crippen molar-refractivity contribution in [2.75, 3.05) is 26.2 Å². The van der Waals surface area contributed by atoms with E-state index < -0.39 is 11.6 Å². The Morgan fingerprint density at radius 3 is 2.59 bits per heavy atom. The van der Waals surface area contributed by atoms with E-state index in [2.05, 4.69) is 0 Å². The molecule has 0 bridgehead atoms. The van der Waals surface area contributed by atoms with Crippen LogP contribution in [-0.4, -0.2) is 49.1 Å². The summed E-state index contributed by atoms with van der Waals surface area (Å²) in [6, 6.07) is 4.22. The highest BCUT2D eigenvalue weighted by molar-refractivity contribution is 5.97. The third-order valence-electron chi connectivity index (χ3n) is 4.66. The predicted molar refractivity (Wildman–Crippen MR) is 100 cm³/mol. The minimum atomic E-state index is -0.608. The molecule has 1 aromatic rings. The van der Waals surface area contributed by atoms with Crippen LogP contribution in [-0.2, 0) is 4.74 Å². The molecule has 0 radical (unpaired) electrons. The molecule has 1 aliphatic heterocycles. The number of nitrogens with two attached hydrogens (primary N) is 1. The minimum absolute atomic E-state index is 0.00685. The topological polar surface area (TPSA) is 81.9 Å². The van der Waals surface area contributed by atoms with E-state index in [1.807, 2.05) is 13.8 Å². The molecule has 2 N–H and O–H groups in total. The number of amides is 1. The zero-order valence-corrected chi connectivity index (χ0v) is 16.1. The number of carbonyl (C=O) groups is 2. The van der Waals surface area contributed by atoms with E-state index in [4.69, 9.17) is 15.2 Å². The molecule has 1 saturated heterocycles. The second-order valence-electron chi connectivity index (χ2n) is 7.12. The number of likely N-dealkylation sites (tertiary alicyclic amines) is 1. The molecule has 7 heteroatoms. The summed E-state index contributed by atoms with van der Waals surface area (Å²) >= 11 is 0. The Hall–Kier alpha value is -2.15. The molecule has 1 amide bonds. The zero-order chi connectivity index (χ0) is 19.8. The van der Waals surface area contributed by atoms with E-state index in [0.29, 0.717) is 18.3 Å². The smallest absolute Gasteiger partial charge is 0.410 e. The molecule has 0 unspecified atom stereocenters. The van der Waals surface area contributed by atoms with Gasteiger partial charge in [-0.1, -0.05) is 0 Å². The van der Waals surface area contributed by atoms with Crippen molar-refractivity contribution in [3.8, 4) is 5.75 Å². The zero-order valence-electron chi connectivity index (χ0n) is 16.1. The molecule has 1 fully saturated rings. The average Bonchev–Trinajstić information content (AvgIpc) is 2.64. The van der Waals surface area contributed by atoms with Gasteiger partial charge in [0.15, 0.2) is 5.78 Å². The molecule has 0 saturated carbocycles. The van der Waals surface area contributed by atoms with Crippen molar-refractivity contribution in [1.82, 2.24) is 4.90 Å². The number of ether oxygens (including phenoxy) is 2. The van der Waals surface area contributed by atoms with Gasteiger partial charge in [-0.3, -0.25) is 4.79 Å². The minimum Gasteiger partial charge on any atom is -0.493 e. The molecule has 27 heavy (non-hydrogen) atoms. The summed E-state index contributed by atoms with van der Waals surface area (Å²) in [6.45, 7) is 5.41. The highest BCUT2D eigenvalue weighted by Crippen LogP contribution is 2.23. The Morgan fingerprint density at radius 1 is 1.30 bits per heavy atom. The molecule has 1 heterocycles. The number of benzene rings is 1. The number of carbonyl (C=O) groups excluding carboxylic acids is 2. The van der Waals surface area contributed by atoms with Gasteiger partial charge in [0.2, 0.25) is 0 Å². The molecule has 1 aliphatic rings. The van der Waals surface area contributed by atoms with Crippen LogP contribution in [0.2, 0.25) is 0 Å². The summed E-state index contributed by atoms with van der Waals surface area (Å²) in [4.78, 5) is 25.1. The number of halogens is 1. The highest BCUT2D eigenvalue weighted by atomic mass is 19.1. The van der Waals surface area contributed by atoms with Gasteiger partial charge in [-0.15, -0.1) is 0 Å². The van der Waals surface area contributed by atoms with Crippen molar-refractivity contribution in [3.63, 3.8) is 0 Å². The van der Waals surface area contributed by atoms with Crippen molar-refractivity contribution < 1.29 is 23.5 Å². The number of Topliss-reactive ketones (excluding diaryl/α,β-unsaturated/α-hetero) is 1. The Bertz CT molecular complexity index is 643. The number of ketones is 1. The number of hydrogen-bond donors (Lipinski definition) is 1. The third-order valence-corrected chi connectivity index (χ3v) is 4.66. The van der Waals surface area contributed by atoms with Gasteiger partial charge in [0, 0.05) is 19.2 Å². The SMILES string of the molecule is CC(C)OC(=O)N1CCC(CCCOc2ccc(C(=O)CN)c(F)c2)CC1. The Labute approximate surface area is 159 Å². The first-order chi connectivity index (χ1) is 12.9. The number of rotatable bonds is 8. The van der Waals surface area contributed by atoms with E-state index >= 15 is 0 Å². The summed E-state index contributed by atoms with van der Waals surface area (Å²) in [5.41, 5.74) is 5.24. The Morgan fingerprint density at radius 2 is 2.00 bits per heavy atom. The molecule has 0 atom stereocenters. The van der Waals surface area contributed by atoms with Crippen LogP contribution in [0.3, 0.4) is 0 Å². The van der Waals surface area contributed by atoms with Gasteiger partial charge >= 0.3 is 6.09 Å². The summed E-state index contributed by atoms with van der Waals surface area (Å²) in [7, 11) is 0. The fourth-order valence-electron chi connectivity index (χ4n) is 3.16. The normalized spacial score (nSPS) is 15.1. The van der Waals surface area contributed by atoms with Gasteiger partial charge in [0.25, 0.3) is 0 Å². The molecular formula is C20H29FN2O4. The largest absolute Gasteiger partial charge is 0.493 e. The molecule has 0 aromatic heterocycles. The van der Waals surface area contributed by atoms with E-state index in [-0.39, 0.29) is 24.3 Å². The monoisotopic (exact) mass is 380 g/mol. The van der Waals surface area contributed by atoms with E-state index in [9.17, 15) is 14.0 Å². The van der Waals surface area contributed by atoms with Crippen molar-refractivity contribution in [2.24, 2.45) is 11.7 Å². The van der Waals surface area contributed by atoms with E-state index in [0.717, 1.165) is 38.8 Å². The quantitative estimate of drug-likeness (QED) is 0.552. The molecular weight excluding hydrogens is 351 g/mol. The molecule has 0 aliphatic carbocycles. The number of hydrogen-bond acceptors (Lipinski definition) is 5. The number of piperidine rings is 1. The fourth-order valence-corrected chi connectivity index (χ4v) is 3.16. The third kappa shape index (κ3) is 6.50. The molecule has 150 valence electrons. The van der Waals surface area contributed by atoms with Crippen LogP contribution in [0.25, 0.3) is 0 Å². The fraction of sp³-hybridized carbons (Fsp3) is 0.600. The van der Waals surface area contributed by atoms with E-state index in [1.165, 1.54) is 12.1 Å². The maximum absolute atomic E-state index is 13.9. The lowest BCUT2D eigenvalue weighted by molar-refractivity contribution is 0.0643. The summed E-state index contributed by atoms with van der Waals surface area (Å²) in [6.07, 6.45) is 3.44. The van der Waals surface area contributed by atoms with Crippen LogP contribution in [0, 0.1) is 11.7 Å².